The topological polar surface area (TPSA) is 81.1 Å². The van der Waals surface area contributed by atoms with Gasteiger partial charge in [-0.15, -0.1) is 0 Å². The number of nitrogens with two attached hydrogens (primary N) is 2. The van der Waals surface area contributed by atoms with Crippen molar-refractivity contribution in [1.29, 1.82) is 0 Å². The van der Waals surface area contributed by atoms with E-state index < -0.39 is 11.9 Å². The number of rotatable bonds is 4. The molecule has 1 atom stereocenters. The Bertz CT molecular complexity index is 368. The van der Waals surface area contributed by atoms with Crippen molar-refractivity contribution in [2.24, 2.45) is 11.5 Å². The van der Waals surface area contributed by atoms with Gasteiger partial charge in [0.05, 0.1) is 0 Å². The summed E-state index contributed by atoms with van der Waals surface area (Å²) in [5, 5.41) is 3.08. The number of carbonyl (C=O) groups excluding carboxylic acids is 1. The molecule has 82 valence electrons. The average Bonchev–Trinajstić information content (AvgIpc) is 2.19. The summed E-state index contributed by atoms with van der Waals surface area (Å²) in [6, 6.07) is 5.13. The molecule has 4 nitrogen and oxygen atoms in total. The van der Waals surface area contributed by atoms with E-state index in [4.69, 9.17) is 11.5 Å². The summed E-state index contributed by atoms with van der Waals surface area (Å²) in [6.45, 7) is 2.31. The number of carbonyl (C=O) groups is 1. The molecule has 0 aliphatic carbocycles. The molecule has 5 N–H and O–H groups in total. The van der Waals surface area contributed by atoms with Crippen LogP contribution in [0.4, 0.5) is 5.69 Å². The van der Waals surface area contributed by atoms with Gasteiger partial charge in [-0.3, -0.25) is 4.79 Å². The average molecular weight is 272 g/mol. The van der Waals surface area contributed by atoms with Gasteiger partial charge in [0.15, 0.2) is 0 Å². The molecule has 0 aliphatic rings. The second kappa shape index (κ2) is 5.14. The normalized spacial score (nSPS) is 12.2. The molecule has 0 saturated heterocycles. The summed E-state index contributed by atoms with van der Waals surface area (Å²) >= 11 is 3.42. The lowest BCUT2D eigenvalue weighted by molar-refractivity contribution is -0.118. The van der Waals surface area contributed by atoms with Crippen LogP contribution in [0.3, 0.4) is 0 Å². The van der Waals surface area contributed by atoms with E-state index in [-0.39, 0.29) is 0 Å². The third kappa shape index (κ3) is 3.21. The van der Waals surface area contributed by atoms with Crippen LogP contribution in [-0.2, 0) is 4.79 Å². The number of hydrogen-bond acceptors (Lipinski definition) is 3. The standard InChI is InChI=1S/C10H14BrN3O/c1-6-7(11)3-2-4-9(6)14-5-8(12)10(13)15/h2-4,8,14H,5,12H2,1H3,(H2,13,15). The lowest BCUT2D eigenvalue weighted by atomic mass is 10.2. The third-order valence-electron chi connectivity index (χ3n) is 2.15. The zero-order valence-corrected chi connectivity index (χ0v) is 10.0. The molecule has 0 radical (unpaired) electrons. The Morgan fingerprint density at radius 3 is 2.87 bits per heavy atom. The van der Waals surface area contributed by atoms with Gasteiger partial charge in [0.25, 0.3) is 0 Å². The molecule has 0 aromatic heterocycles. The Morgan fingerprint density at radius 2 is 2.27 bits per heavy atom. The summed E-state index contributed by atoms with van der Waals surface area (Å²) in [5.41, 5.74) is 12.6. The van der Waals surface area contributed by atoms with E-state index in [1.54, 1.807) is 0 Å². The van der Waals surface area contributed by atoms with Crippen molar-refractivity contribution in [1.82, 2.24) is 0 Å². The molecule has 0 aliphatic heterocycles. The van der Waals surface area contributed by atoms with Crippen molar-refractivity contribution < 1.29 is 4.79 Å². The van der Waals surface area contributed by atoms with Gasteiger partial charge < -0.3 is 16.8 Å². The predicted molar refractivity (Wildman–Crippen MR) is 64.5 cm³/mol. The highest BCUT2D eigenvalue weighted by Crippen LogP contribution is 2.23. The van der Waals surface area contributed by atoms with Crippen LogP contribution < -0.4 is 16.8 Å². The molecule has 1 aromatic carbocycles. The summed E-state index contributed by atoms with van der Waals surface area (Å²) in [5.74, 6) is -0.504. The molecule has 5 heteroatoms. The molecule has 0 spiro atoms. The first kappa shape index (κ1) is 12.0. The number of halogens is 1. The van der Waals surface area contributed by atoms with Crippen molar-refractivity contribution in [2.45, 2.75) is 13.0 Å². The Kier molecular flexibility index (Phi) is 4.11. The van der Waals surface area contributed by atoms with Gasteiger partial charge in [0.2, 0.25) is 5.91 Å². The van der Waals surface area contributed by atoms with Crippen molar-refractivity contribution in [2.75, 3.05) is 11.9 Å². The van der Waals surface area contributed by atoms with Crippen LogP contribution in [0.1, 0.15) is 5.56 Å². The van der Waals surface area contributed by atoms with Gasteiger partial charge in [0, 0.05) is 16.7 Å². The van der Waals surface area contributed by atoms with E-state index >= 15 is 0 Å². The van der Waals surface area contributed by atoms with E-state index in [0.29, 0.717) is 6.54 Å². The van der Waals surface area contributed by atoms with Gasteiger partial charge in [0.1, 0.15) is 6.04 Å². The number of hydrogen-bond donors (Lipinski definition) is 3. The zero-order chi connectivity index (χ0) is 11.4. The Balaban J connectivity index is 2.66. The molecule has 1 rings (SSSR count). The number of benzene rings is 1. The highest BCUT2D eigenvalue weighted by Gasteiger charge is 2.09. The van der Waals surface area contributed by atoms with Crippen molar-refractivity contribution in [3.8, 4) is 0 Å². The maximum atomic E-state index is 10.7. The van der Waals surface area contributed by atoms with Gasteiger partial charge in [-0.05, 0) is 24.6 Å². The number of primary amides is 1. The molecule has 15 heavy (non-hydrogen) atoms. The highest BCUT2D eigenvalue weighted by atomic mass is 79.9. The van der Waals surface area contributed by atoms with Crippen LogP contribution in [0, 0.1) is 6.92 Å². The highest BCUT2D eigenvalue weighted by molar-refractivity contribution is 9.10. The van der Waals surface area contributed by atoms with Crippen LogP contribution in [0.5, 0.6) is 0 Å². The maximum Gasteiger partial charge on any atom is 0.236 e. The molecule has 0 bridgehead atoms. The van der Waals surface area contributed by atoms with Crippen LogP contribution in [0.2, 0.25) is 0 Å². The molecule has 0 saturated carbocycles. The third-order valence-corrected chi connectivity index (χ3v) is 3.00. The minimum Gasteiger partial charge on any atom is -0.383 e. The van der Waals surface area contributed by atoms with Crippen LogP contribution >= 0.6 is 15.9 Å². The quantitative estimate of drug-likeness (QED) is 0.764. The first-order valence-electron chi connectivity index (χ1n) is 4.56. The lowest BCUT2D eigenvalue weighted by Crippen LogP contribution is -2.41. The van der Waals surface area contributed by atoms with Crippen LogP contribution in [0.25, 0.3) is 0 Å². The fourth-order valence-electron chi connectivity index (χ4n) is 1.12. The van der Waals surface area contributed by atoms with Gasteiger partial charge in [-0.25, -0.2) is 0 Å². The molecular formula is C10H14BrN3O. The summed E-state index contributed by atoms with van der Waals surface area (Å²) in [6.07, 6.45) is 0. The van der Waals surface area contributed by atoms with Crippen molar-refractivity contribution in [3.63, 3.8) is 0 Å². The minimum absolute atomic E-state index is 0.340. The predicted octanol–water partition coefficient (Wildman–Crippen LogP) is 0.982. The van der Waals surface area contributed by atoms with Crippen LogP contribution in [0.15, 0.2) is 22.7 Å². The van der Waals surface area contributed by atoms with Gasteiger partial charge >= 0.3 is 0 Å². The van der Waals surface area contributed by atoms with Gasteiger partial charge in [-0.2, -0.15) is 0 Å². The molecule has 1 amide bonds. The largest absolute Gasteiger partial charge is 0.383 e. The molecule has 1 aromatic rings. The summed E-state index contributed by atoms with van der Waals surface area (Å²) in [7, 11) is 0. The summed E-state index contributed by atoms with van der Waals surface area (Å²) in [4.78, 5) is 10.7. The number of anilines is 1. The Hall–Kier alpha value is -1.07. The van der Waals surface area contributed by atoms with E-state index in [1.807, 2.05) is 25.1 Å². The zero-order valence-electron chi connectivity index (χ0n) is 8.46. The summed E-state index contributed by atoms with van der Waals surface area (Å²) < 4.78 is 1.01. The van der Waals surface area contributed by atoms with Gasteiger partial charge in [-0.1, -0.05) is 22.0 Å². The van der Waals surface area contributed by atoms with E-state index in [2.05, 4.69) is 21.2 Å². The fraction of sp³-hybridized carbons (Fsp3) is 0.300. The first-order valence-corrected chi connectivity index (χ1v) is 5.35. The van der Waals surface area contributed by atoms with Crippen molar-refractivity contribution in [3.05, 3.63) is 28.2 Å². The van der Waals surface area contributed by atoms with Crippen LogP contribution in [-0.4, -0.2) is 18.5 Å². The molecule has 0 heterocycles. The smallest absolute Gasteiger partial charge is 0.236 e. The SMILES string of the molecule is Cc1c(Br)cccc1NCC(N)C(N)=O. The van der Waals surface area contributed by atoms with E-state index in [1.165, 1.54) is 0 Å². The Morgan fingerprint density at radius 1 is 1.60 bits per heavy atom. The monoisotopic (exact) mass is 271 g/mol. The molecule has 1 unspecified atom stereocenters. The van der Waals surface area contributed by atoms with Crippen molar-refractivity contribution >= 4 is 27.5 Å². The minimum atomic E-state index is -0.664. The number of amides is 1. The van der Waals surface area contributed by atoms with E-state index in [9.17, 15) is 4.79 Å². The first-order chi connectivity index (χ1) is 7.02. The maximum absolute atomic E-state index is 10.7. The lowest BCUT2D eigenvalue weighted by Gasteiger charge is -2.13. The molecular weight excluding hydrogens is 258 g/mol. The van der Waals surface area contributed by atoms with E-state index in [0.717, 1.165) is 15.7 Å². The Labute approximate surface area is 97.1 Å². The second-order valence-electron chi connectivity index (χ2n) is 3.30. The molecule has 0 fully saturated rings. The number of nitrogens with one attached hydrogen (secondary N) is 1. The fourth-order valence-corrected chi connectivity index (χ4v) is 1.49. The second-order valence-corrected chi connectivity index (χ2v) is 4.16.